The Labute approximate surface area is 108 Å². The maximum absolute atomic E-state index is 12.4. The predicted octanol–water partition coefficient (Wildman–Crippen LogP) is 1.91. The van der Waals surface area contributed by atoms with E-state index in [9.17, 15) is 14.7 Å². The maximum Gasteiger partial charge on any atom is 0.307 e. The quantitative estimate of drug-likeness (QED) is 0.776. The average molecular weight is 251 g/mol. The van der Waals surface area contributed by atoms with Crippen LogP contribution in [0.1, 0.15) is 32.6 Å². The lowest BCUT2D eigenvalue weighted by atomic mass is 9.71. The van der Waals surface area contributed by atoms with Crippen molar-refractivity contribution in [1.82, 2.24) is 4.90 Å². The number of carbonyl (C=O) groups excluding carboxylic acids is 1. The van der Waals surface area contributed by atoms with Crippen molar-refractivity contribution in [3.63, 3.8) is 0 Å². The molecule has 1 saturated heterocycles. The van der Waals surface area contributed by atoms with Gasteiger partial charge in [0.25, 0.3) is 0 Å². The number of aliphatic carboxylic acids is 1. The first kappa shape index (κ1) is 13.1. The molecule has 2 rings (SSSR count). The largest absolute Gasteiger partial charge is 0.481 e. The molecule has 0 unspecified atom stereocenters. The first-order chi connectivity index (χ1) is 8.65. The van der Waals surface area contributed by atoms with Gasteiger partial charge >= 0.3 is 5.97 Å². The van der Waals surface area contributed by atoms with Gasteiger partial charge in [-0.3, -0.25) is 9.59 Å². The zero-order chi connectivity index (χ0) is 13.1. The van der Waals surface area contributed by atoms with Crippen LogP contribution < -0.4 is 0 Å². The van der Waals surface area contributed by atoms with E-state index in [1.807, 2.05) is 17.1 Å². The summed E-state index contributed by atoms with van der Waals surface area (Å²) in [6.07, 6.45) is 7.41. The topological polar surface area (TPSA) is 57.6 Å². The summed E-state index contributed by atoms with van der Waals surface area (Å²) in [6, 6.07) is 0. The summed E-state index contributed by atoms with van der Waals surface area (Å²) in [4.78, 5) is 25.5. The second-order valence-corrected chi connectivity index (χ2v) is 5.27. The summed E-state index contributed by atoms with van der Waals surface area (Å²) in [5, 5.41) is 9.25. The number of allylic oxidation sites excluding steroid dienone is 2. The van der Waals surface area contributed by atoms with Crippen molar-refractivity contribution in [2.45, 2.75) is 32.6 Å². The van der Waals surface area contributed by atoms with E-state index in [0.717, 1.165) is 32.4 Å². The Morgan fingerprint density at radius 3 is 3.00 bits per heavy atom. The Morgan fingerprint density at radius 2 is 2.33 bits per heavy atom. The number of hydrogen-bond donors (Lipinski definition) is 1. The smallest absolute Gasteiger partial charge is 0.307 e. The molecule has 4 nitrogen and oxygen atoms in total. The molecule has 0 aromatic rings. The van der Waals surface area contributed by atoms with Gasteiger partial charge in [-0.2, -0.15) is 0 Å². The molecular formula is C14H21NO3. The Morgan fingerprint density at radius 1 is 1.56 bits per heavy atom. The number of unbranched alkanes of at least 4 members (excludes halogenated alkanes) is 1. The van der Waals surface area contributed by atoms with E-state index in [-0.39, 0.29) is 17.7 Å². The number of nitrogens with zero attached hydrogens (tertiary/aromatic N) is 1. The number of carboxylic acid groups (broad SMARTS) is 1. The molecule has 0 radical (unpaired) electrons. The fraction of sp³-hybridized carbons (Fsp3) is 0.714. The average Bonchev–Trinajstić information content (AvgIpc) is 2.37. The van der Waals surface area contributed by atoms with E-state index in [1.54, 1.807) is 0 Å². The number of fused-ring (bicyclic) bond motifs is 1. The SMILES string of the molecule is CCCCN1CC[C@@H]2C=CC[C@H](C(=O)O)[C@@H]2C1=O. The predicted molar refractivity (Wildman–Crippen MR) is 68.0 cm³/mol. The van der Waals surface area contributed by atoms with E-state index < -0.39 is 11.9 Å². The fourth-order valence-electron chi connectivity index (χ4n) is 3.05. The minimum absolute atomic E-state index is 0.0523. The summed E-state index contributed by atoms with van der Waals surface area (Å²) in [5.41, 5.74) is 0. The van der Waals surface area contributed by atoms with Gasteiger partial charge in [0.15, 0.2) is 0 Å². The van der Waals surface area contributed by atoms with Crippen LogP contribution in [0.4, 0.5) is 0 Å². The van der Waals surface area contributed by atoms with E-state index in [4.69, 9.17) is 0 Å². The molecular weight excluding hydrogens is 230 g/mol. The number of hydrogen-bond acceptors (Lipinski definition) is 2. The fourth-order valence-corrected chi connectivity index (χ4v) is 3.05. The molecule has 0 aromatic heterocycles. The highest BCUT2D eigenvalue weighted by Gasteiger charge is 2.44. The Balaban J connectivity index is 2.13. The van der Waals surface area contributed by atoms with E-state index in [2.05, 4.69) is 6.92 Å². The summed E-state index contributed by atoms with van der Waals surface area (Å²) in [7, 11) is 0. The molecule has 1 amide bonds. The minimum atomic E-state index is -0.833. The third-order valence-corrected chi connectivity index (χ3v) is 4.10. The van der Waals surface area contributed by atoms with Crippen LogP contribution in [0.25, 0.3) is 0 Å². The zero-order valence-corrected chi connectivity index (χ0v) is 10.8. The molecule has 1 fully saturated rings. The van der Waals surface area contributed by atoms with Crippen LogP contribution >= 0.6 is 0 Å². The number of piperidine rings is 1. The number of carboxylic acids is 1. The maximum atomic E-state index is 12.4. The lowest BCUT2D eigenvalue weighted by Gasteiger charge is -2.40. The van der Waals surface area contributed by atoms with Crippen molar-refractivity contribution < 1.29 is 14.7 Å². The van der Waals surface area contributed by atoms with Gasteiger partial charge in [-0.15, -0.1) is 0 Å². The standard InChI is InChI=1S/C14H21NO3/c1-2-3-8-15-9-7-10-5-4-6-11(14(17)18)12(10)13(15)16/h4-5,10-12H,2-3,6-9H2,1H3,(H,17,18)/t10-,11-,12+/m0/s1. The molecule has 100 valence electrons. The number of carbonyl (C=O) groups is 2. The molecule has 1 aliphatic heterocycles. The highest BCUT2D eigenvalue weighted by Crippen LogP contribution is 2.37. The minimum Gasteiger partial charge on any atom is -0.481 e. The highest BCUT2D eigenvalue weighted by molar-refractivity contribution is 5.86. The van der Waals surface area contributed by atoms with Crippen LogP contribution in [0.15, 0.2) is 12.2 Å². The van der Waals surface area contributed by atoms with Crippen molar-refractivity contribution in [2.24, 2.45) is 17.8 Å². The van der Waals surface area contributed by atoms with Crippen LogP contribution in [0.3, 0.4) is 0 Å². The molecule has 0 bridgehead atoms. The molecule has 2 aliphatic rings. The summed E-state index contributed by atoms with van der Waals surface area (Å²) in [5.74, 6) is -1.52. The Hall–Kier alpha value is -1.32. The first-order valence-corrected chi connectivity index (χ1v) is 6.83. The van der Waals surface area contributed by atoms with Crippen LogP contribution in [0.5, 0.6) is 0 Å². The number of amides is 1. The molecule has 0 saturated carbocycles. The molecule has 1 heterocycles. The molecule has 3 atom stereocenters. The third-order valence-electron chi connectivity index (χ3n) is 4.10. The van der Waals surface area contributed by atoms with Crippen molar-refractivity contribution in [2.75, 3.05) is 13.1 Å². The zero-order valence-electron chi connectivity index (χ0n) is 10.8. The van der Waals surface area contributed by atoms with Gasteiger partial charge in [0.1, 0.15) is 0 Å². The lowest BCUT2D eigenvalue weighted by Crippen LogP contribution is -2.50. The van der Waals surface area contributed by atoms with Gasteiger partial charge in [-0.05, 0) is 25.2 Å². The van der Waals surface area contributed by atoms with Gasteiger partial charge in [-0.25, -0.2) is 0 Å². The van der Waals surface area contributed by atoms with Crippen LogP contribution in [0, 0.1) is 17.8 Å². The lowest BCUT2D eigenvalue weighted by molar-refractivity contribution is -0.154. The van der Waals surface area contributed by atoms with Crippen molar-refractivity contribution in [3.05, 3.63) is 12.2 Å². The van der Waals surface area contributed by atoms with Gasteiger partial charge in [-0.1, -0.05) is 25.5 Å². The van der Waals surface area contributed by atoms with Crippen LogP contribution in [0.2, 0.25) is 0 Å². The second kappa shape index (κ2) is 5.55. The van der Waals surface area contributed by atoms with E-state index in [1.165, 1.54) is 0 Å². The molecule has 4 heteroatoms. The van der Waals surface area contributed by atoms with E-state index in [0.29, 0.717) is 6.42 Å². The molecule has 1 aliphatic carbocycles. The van der Waals surface area contributed by atoms with Crippen molar-refractivity contribution in [1.29, 1.82) is 0 Å². The molecule has 0 aromatic carbocycles. The van der Waals surface area contributed by atoms with E-state index >= 15 is 0 Å². The Bertz CT molecular complexity index is 364. The first-order valence-electron chi connectivity index (χ1n) is 6.83. The highest BCUT2D eigenvalue weighted by atomic mass is 16.4. The van der Waals surface area contributed by atoms with Crippen molar-refractivity contribution >= 4 is 11.9 Å². The normalized spacial score (nSPS) is 31.3. The number of rotatable bonds is 4. The third kappa shape index (κ3) is 2.42. The van der Waals surface area contributed by atoms with Gasteiger partial charge < -0.3 is 10.0 Å². The number of likely N-dealkylation sites (tertiary alicyclic amines) is 1. The Kier molecular flexibility index (Phi) is 4.04. The summed E-state index contributed by atoms with van der Waals surface area (Å²) in [6.45, 7) is 3.64. The monoisotopic (exact) mass is 251 g/mol. The van der Waals surface area contributed by atoms with Crippen LogP contribution in [-0.4, -0.2) is 35.0 Å². The molecule has 1 N–H and O–H groups in total. The second-order valence-electron chi connectivity index (χ2n) is 5.27. The van der Waals surface area contributed by atoms with Gasteiger partial charge in [0.05, 0.1) is 11.8 Å². The molecule has 18 heavy (non-hydrogen) atoms. The summed E-state index contributed by atoms with van der Waals surface area (Å²) < 4.78 is 0. The summed E-state index contributed by atoms with van der Waals surface area (Å²) >= 11 is 0. The van der Waals surface area contributed by atoms with Crippen LogP contribution in [-0.2, 0) is 9.59 Å². The van der Waals surface area contributed by atoms with Gasteiger partial charge in [0.2, 0.25) is 5.91 Å². The van der Waals surface area contributed by atoms with Crippen molar-refractivity contribution in [3.8, 4) is 0 Å². The molecule has 0 spiro atoms. The van der Waals surface area contributed by atoms with Gasteiger partial charge in [0, 0.05) is 13.1 Å².